The Morgan fingerprint density at radius 2 is 2.00 bits per heavy atom. The third-order valence-corrected chi connectivity index (χ3v) is 3.18. The normalized spacial score (nSPS) is 18.6. The van der Waals surface area contributed by atoms with Crippen molar-refractivity contribution < 1.29 is 14.3 Å². The van der Waals surface area contributed by atoms with Crippen LogP contribution in [0.25, 0.3) is 0 Å². The van der Waals surface area contributed by atoms with Crippen molar-refractivity contribution in [1.82, 2.24) is 5.32 Å². The molecule has 1 unspecified atom stereocenters. The molecule has 1 saturated heterocycles. The van der Waals surface area contributed by atoms with E-state index in [1.807, 2.05) is 6.07 Å². The van der Waals surface area contributed by atoms with Crippen LogP contribution in [-0.2, 0) is 4.79 Å². The fraction of sp³-hybridized carbons (Fsp3) is 0.462. The van der Waals surface area contributed by atoms with Gasteiger partial charge in [-0.3, -0.25) is 4.79 Å². The van der Waals surface area contributed by atoms with Crippen molar-refractivity contribution in [1.29, 1.82) is 0 Å². The first-order chi connectivity index (χ1) is 9.13. The maximum atomic E-state index is 11.1. The van der Waals surface area contributed by atoms with Gasteiger partial charge in [-0.25, -0.2) is 0 Å². The molecule has 0 saturated carbocycles. The standard InChI is InChI=1S/C13H19N3O3/c1-18-11-5-9(14)10(6-12(11)19-2)16-8-3-4-13(17)15-7-8/h5-6,8,16H,3-4,7,14H2,1-2H3,(H,15,17). The number of amides is 1. The summed E-state index contributed by atoms with van der Waals surface area (Å²) in [5.74, 6) is 1.32. The van der Waals surface area contributed by atoms with Crippen LogP contribution in [0.4, 0.5) is 11.4 Å². The molecule has 0 radical (unpaired) electrons. The van der Waals surface area contributed by atoms with Gasteiger partial charge in [0.05, 0.1) is 25.6 Å². The predicted octanol–water partition coefficient (Wildman–Crippen LogP) is 0.976. The molecule has 1 atom stereocenters. The number of nitrogens with two attached hydrogens (primary N) is 1. The largest absolute Gasteiger partial charge is 0.493 e. The molecule has 0 spiro atoms. The molecular formula is C13H19N3O3. The van der Waals surface area contributed by atoms with Gasteiger partial charge < -0.3 is 25.8 Å². The Labute approximate surface area is 112 Å². The summed E-state index contributed by atoms with van der Waals surface area (Å²) < 4.78 is 10.4. The average molecular weight is 265 g/mol. The van der Waals surface area contributed by atoms with Crippen LogP contribution in [0.1, 0.15) is 12.8 Å². The van der Waals surface area contributed by atoms with Gasteiger partial charge in [-0.1, -0.05) is 0 Å². The first-order valence-electron chi connectivity index (χ1n) is 6.18. The molecule has 6 nitrogen and oxygen atoms in total. The molecule has 1 aromatic carbocycles. The second-order valence-electron chi connectivity index (χ2n) is 4.48. The van der Waals surface area contributed by atoms with Gasteiger partial charge in [0.25, 0.3) is 0 Å². The number of rotatable bonds is 4. The van der Waals surface area contributed by atoms with Crippen LogP contribution in [0.2, 0.25) is 0 Å². The summed E-state index contributed by atoms with van der Waals surface area (Å²) in [5, 5.41) is 6.15. The number of carbonyl (C=O) groups is 1. The van der Waals surface area contributed by atoms with Crippen molar-refractivity contribution in [2.45, 2.75) is 18.9 Å². The van der Waals surface area contributed by atoms with Crippen LogP contribution in [0.15, 0.2) is 12.1 Å². The van der Waals surface area contributed by atoms with E-state index in [1.165, 1.54) is 0 Å². The fourth-order valence-corrected chi connectivity index (χ4v) is 2.10. The highest BCUT2D eigenvalue weighted by atomic mass is 16.5. The van der Waals surface area contributed by atoms with E-state index in [9.17, 15) is 4.79 Å². The molecule has 4 N–H and O–H groups in total. The molecule has 104 valence electrons. The van der Waals surface area contributed by atoms with Crippen LogP contribution in [0, 0.1) is 0 Å². The Hall–Kier alpha value is -2.11. The van der Waals surface area contributed by atoms with Gasteiger partial charge in [0.1, 0.15) is 0 Å². The molecule has 1 fully saturated rings. The summed E-state index contributed by atoms with van der Waals surface area (Å²) >= 11 is 0. The number of hydrogen-bond acceptors (Lipinski definition) is 5. The number of methoxy groups -OCH3 is 2. The lowest BCUT2D eigenvalue weighted by Gasteiger charge is -2.25. The Kier molecular flexibility index (Phi) is 3.99. The van der Waals surface area contributed by atoms with Gasteiger partial charge in [-0.15, -0.1) is 0 Å². The number of ether oxygens (including phenoxy) is 2. The van der Waals surface area contributed by atoms with E-state index in [4.69, 9.17) is 15.2 Å². The van der Waals surface area contributed by atoms with Gasteiger partial charge in [0, 0.05) is 31.1 Å². The van der Waals surface area contributed by atoms with E-state index < -0.39 is 0 Å². The number of hydrogen-bond donors (Lipinski definition) is 3. The minimum atomic E-state index is 0.0957. The van der Waals surface area contributed by atoms with Gasteiger partial charge in [0.2, 0.25) is 5.91 Å². The van der Waals surface area contributed by atoms with Gasteiger partial charge >= 0.3 is 0 Å². The van der Waals surface area contributed by atoms with E-state index in [0.29, 0.717) is 30.2 Å². The van der Waals surface area contributed by atoms with Crippen molar-refractivity contribution in [3.05, 3.63) is 12.1 Å². The van der Waals surface area contributed by atoms with Crippen LogP contribution in [-0.4, -0.2) is 32.7 Å². The fourth-order valence-electron chi connectivity index (χ4n) is 2.10. The van der Waals surface area contributed by atoms with Crippen LogP contribution < -0.4 is 25.8 Å². The molecular weight excluding hydrogens is 246 g/mol. The minimum Gasteiger partial charge on any atom is -0.493 e. The number of nitrogen functional groups attached to an aromatic ring is 1. The third-order valence-electron chi connectivity index (χ3n) is 3.18. The lowest BCUT2D eigenvalue weighted by molar-refractivity contribution is -0.122. The smallest absolute Gasteiger partial charge is 0.220 e. The van der Waals surface area contributed by atoms with Crippen molar-refractivity contribution >= 4 is 17.3 Å². The summed E-state index contributed by atoms with van der Waals surface area (Å²) in [5.41, 5.74) is 7.36. The van der Waals surface area contributed by atoms with Gasteiger partial charge in [-0.05, 0) is 6.42 Å². The van der Waals surface area contributed by atoms with E-state index in [-0.39, 0.29) is 11.9 Å². The third kappa shape index (κ3) is 3.01. The van der Waals surface area contributed by atoms with E-state index >= 15 is 0 Å². The maximum absolute atomic E-state index is 11.1. The van der Waals surface area contributed by atoms with Crippen molar-refractivity contribution in [2.24, 2.45) is 0 Å². The summed E-state index contributed by atoms with van der Waals surface area (Å²) in [4.78, 5) is 11.1. The highest BCUT2D eigenvalue weighted by molar-refractivity contribution is 5.77. The molecule has 1 heterocycles. The number of benzene rings is 1. The SMILES string of the molecule is COc1cc(N)c(NC2CCC(=O)NC2)cc1OC. The number of carbonyl (C=O) groups excluding carboxylic acids is 1. The summed E-state index contributed by atoms with van der Waals surface area (Å²) in [6.45, 7) is 0.604. The van der Waals surface area contributed by atoms with E-state index in [0.717, 1.165) is 12.1 Å². The lowest BCUT2D eigenvalue weighted by atomic mass is 10.1. The Balaban J connectivity index is 2.13. The average Bonchev–Trinajstić information content (AvgIpc) is 2.43. The first kappa shape index (κ1) is 13.3. The van der Waals surface area contributed by atoms with Gasteiger partial charge in [0.15, 0.2) is 11.5 Å². The summed E-state index contributed by atoms with van der Waals surface area (Å²) in [7, 11) is 3.15. The molecule has 1 aliphatic rings. The maximum Gasteiger partial charge on any atom is 0.220 e. The van der Waals surface area contributed by atoms with Gasteiger partial charge in [-0.2, -0.15) is 0 Å². The Morgan fingerprint density at radius 1 is 1.32 bits per heavy atom. The van der Waals surface area contributed by atoms with E-state index in [2.05, 4.69) is 10.6 Å². The number of nitrogens with one attached hydrogen (secondary N) is 2. The Morgan fingerprint density at radius 3 is 2.58 bits per heavy atom. The van der Waals surface area contributed by atoms with Crippen molar-refractivity contribution in [3.8, 4) is 11.5 Å². The lowest BCUT2D eigenvalue weighted by Crippen LogP contribution is -2.41. The Bertz CT molecular complexity index is 466. The second kappa shape index (κ2) is 5.69. The molecule has 2 rings (SSSR count). The topological polar surface area (TPSA) is 85.6 Å². The molecule has 0 bridgehead atoms. The molecule has 1 aliphatic heterocycles. The van der Waals surface area contributed by atoms with Crippen molar-refractivity contribution in [3.63, 3.8) is 0 Å². The predicted molar refractivity (Wildman–Crippen MR) is 73.6 cm³/mol. The number of anilines is 2. The number of piperidine rings is 1. The quantitative estimate of drug-likeness (QED) is 0.706. The monoisotopic (exact) mass is 265 g/mol. The zero-order valence-electron chi connectivity index (χ0n) is 11.2. The zero-order valence-corrected chi connectivity index (χ0v) is 11.2. The van der Waals surface area contributed by atoms with Crippen LogP contribution in [0.3, 0.4) is 0 Å². The first-order valence-corrected chi connectivity index (χ1v) is 6.18. The van der Waals surface area contributed by atoms with E-state index in [1.54, 1.807) is 20.3 Å². The zero-order chi connectivity index (χ0) is 13.8. The molecule has 0 aromatic heterocycles. The molecule has 1 aromatic rings. The summed E-state index contributed by atoms with van der Waals surface area (Å²) in [6.07, 6.45) is 1.32. The molecule has 0 aliphatic carbocycles. The molecule has 1 amide bonds. The van der Waals surface area contributed by atoms with Crippen LogP contribution >= 0.6 is 0 Å². The highest BCUT2D eigenvalue weighted by Crippen LogP contribution is 2.35. The molecule has 19 heavy (non-hydrogen) atoms. The second-order valence-corrected chi connectivity index (χ2v) is 4.48. The van der Waals surface area contributed by atoms with Crippen molar-refractivity contribution in [2.75, 3.05) is 31.8 Å². The van der Waals surface area contributed by atoms with Crippen LogP contribution in [0.5, 0.6) is 11.5 Å². The summed E-state index contributed by atoms with van der Waals surface area (Å²) in [6, 6.07) is 3.71. The minimum absolute atomic E-state index is 0.0957. The molecule has 6 heteroatoms. The highest BCUT2D eigenvalue weighted by Gasteiger charge is 2.19.